The maximum absolute atomic E-state index is 2.58. The lowest BCUT2D eigenvalue weighted by atomic mass is 10.2. The van der Waals surface area contributed by atoms with E-state index in [0.717, 1.165) is 12.1 Å². The maximum Gasteiger partial charge on any atom is 0.0902 e. The molecular weight excluding hydrogens is 148 g/mol. The molecule has 1 aliphatic heterocycles. The van der Waals surface area contributed by atoms with Gasteiger partial charge in [0.05, 0.1) is 19.1 Å². The number of hydrogen-bond donors (Lipinski definition) is 1. The summed E-state index contributed by atoms with van der Waals surface area (Å²) in [6.07, 6.45) is 0. The number of rotatable bonds is 2. The molecule has 0 amide bonds. The van der Waals surface area contributed by atoms with Gasteiger partial charge in [-0.25, -0.2) is 0 Å². The number of nitrogens with zero attached hydrogens (tertiary/aromatic N) is 1. The summed E-state index contributed by atoms with van der Waals surface area (Å²) in [4.78, 5) is 4.35. The highest BCUT2D eigenvalue weighted by Crippen LogP contribution is 1.97. The van der Waals surface area contributed by atoms with Crippen molar-refractivity contribution in [3.8, 4) is 0 Å². The number of piperazine rings is 1. The quantitative estimate of drug-likeness (QED) is 0.615. The Balaban J connectivity index is 2.30. The monoisotopic (exact) mass is 171 g/mol. The molecule has 0 aromatic rings. The first-order valence-corrected chi connectivity index (χ1v) is 5.20. The normalized spacial score (nSPS) is 22.5. The van der Waals surface area contributed by atoms with Crippen LogP contribution in [0.25, 0.3) is 0 Å². The Labute approximate surface area is 76.5 Å². The van der Waals surface area contributed by atoms with Crippen LogP contribution in [-0.2, 0) is 0 Å². The van der Waals surface area contributed by atoms with Gasteiger partial charge in [-0.15, -0.1) is 0 Å². The Morgan fingerprint density at radius 1 is 1.00 bits per heavy atom. The molecule has 2 nitrogen and oxygen atoms in total. The van der Waals surface area contributed by atoms with E-state index < -0.39 is 0 Å². The fourth-order valence-corrected chi connectivity index (χ4v) is 1.90. The van der Waals surface area contributed by atoms with Crippen molar-refractivity contribution < 1.29 is 4.90 Å². The van der Waals surface area contributed by atoms with Crippen molar-refractivity contribution >= 4 is 0 Å². The van der Waals surface area contributed by atoms with Crippen molar-refractivity contribution in [3.05, 3.63) is 0 Å². The molecule has 0 aromatic carbocycles. The molecule has 72 valence electrons. The zero-order chi connectivity index (χ0) is 9.14. The van der Waals surface area contributed by atoms with Crippen molar-refractivity contribution in [2.24, 2.45) is 0 Å². The Hall–Kier alpha value is -0.0800. The highest BCUT2D eigenvalue weighted by molar-refractivity contribution is 4.64. The largest absolute Gasteiger partial charge is 0.331 e. The molecule has 0 spiro atoms. The van der Waals surface area contributed by atoms with Gasteiger partial charge in [0, 0.05) is 19.1 Å². The molecule has 1 rings (SSSR count). The minimum atomic E-state index is 0.735. The van der Waals surface area contributed by atoms with Crippen LogP contribution in [0.4, 0.5) is 0 Å². The molecule has 0 aliphatic carbocycles. The minimum Gasteiger partial charge on any atom is -0.331 e. The van der Waals surface area contributed by atoms with Crippen molar-refractivity contribution in [2.45, 2.75) is 39.8 Å². The van der Waals surface area contributed by atoms with Gasteiger partial charge in [-0.1, -0.05) is 0 Å². The molecule has 0 bridgehead atoms. The smallest absolute Gasteiger partial charge is 0.0902 e. The average Bonchev–Trinajstić information content (AvgIpc) is 2.04. The number of quaternary nitrogens is 1. The molecule has 1 aliphatic rings. The van der Waals surface area contributed by atoms with Gasteiger partial charge in [-0.05, 0) is 27.7 Å². The van der Waals surface area contributed by atoms with Crippen molar-refractivity contribution in [3.63, 3.8) is 0 Å². The second kappa shape index (κ2) is 4.24. The van der Waals surface area contributed by atoms with Crippen molar-refractivity contribution in [2.75, 3.05) is 26.2 Å². The fourth-order valence-electron chi connectivity index (χ4n) is 1.90. The van der Waals surface area contributed by atoms with Gasteiger partial charge in [0.15, 0.2) is 0 Å². The third-order valence-electron chi connectivity index (χ3n) is 2.99. The number of hydrogen-bond acceptors (Lipinski definition) is 1. The molecule has 0 radical (unpaired) electrons. The zero-order valence-corrected chi connectivity index (χ0v) is 8.93. The van der Waals surface area contributed by atoms with Crippen LogP contribution in [0.5, 0.6) is 0 Å². The van der Waals surface area contributed by atoms with Gasteiger partial charge < -0.3 is 4.90 Å². The van der Waals surface area contributed by atoms with Crippen LogP contribution in [0.1, 0.15) is 27.7 Å². The van der Waals surface area contributed by atoms with Gasteiger partial charge in [0.25, 0.3) is 0 Å². The van der Waals surface area contributed by atoms with Crippen LogP contribution < -0.4 is 4.90 Å². The van der Waals surface area contributed by atoms with Gasteiger partial charge in [-0.2, -0.15) is 0 Å². The SMILES string of the molecule is CC(C)N1CC[NH+](C(C)C)CC1. The summed E-state index contributed by atoms with van der Waals surface area (Å²) in [6, 6.07) is 1.54. The standard InChI is InChI=1S/C10H22N2/c1-9(2)11-5-7-12(8-6-11)10(3)4/h9-10H,5-8H2,1-4H3/p+1. The Morgan fingerprint density at radius 2 is 1.50 bits per heavy atom. The van der Waals surface area contributed by atoms with Gasteiger partial charge in [0.2, 0.25) is 0 Å². The van der Waals surface area contributed by atoms with Crippen LogP contribution in [0.3, 0.4) is 0 Å². The summed E-state index contributed by atoms with van der Waals surface area (Å²) < 4.78 is 0. The van der Waals surface area contributed by atoms with Crippen LogP contribution in [-0.4, -0.2) is 43.2 Å². The Kier molecular flexibility index (Phi) is 3.53. The fraction of sp³-hybridized carbons (Fsp3) is 1.00. The van der Waals surface area contributed by atoms with E-state index in [1.165, 1.54) is 26.2 Å². The number of nitrogens with one attached hydrogen (secondary N) is 1. The predicted molar refractivity (Wildman–Crippen MR) is 52.5 cm³/mol. The summed E-state index contributed by atoms with van der Waals surface area (Å²) in [6.45, 7) is 14.4. The molecule has 12 heavy (non-hydrogen) atoms. The lowest BCUT2D eigenvalue weighted by Crippen LogP contribution is -3.17. The second-order valence-corrected chi connectivity index (χ2v) is 4.44. The minimum absolute atomic E-state index is 0.735. The van der Waals surface area contributed by atoms with E-state index in [1.54, 1.807) is 4.90 Å². The topological polar surface area (TPSA) is 7.68 Å². The third-order valence-corrected chi connectivity index (χ3v) is 2.99. The van der Waals surface area contributed by atoms with Crippen LogP contribution in [0.2, 0.25) is 0 Å². The third kappa shape index (κ3) is 2.46. The van der Waals surface area contributed by atoms with Crippen LogP contribution in [0, 0.1) is 0 Å². The van der Waals surface area contributed by atoms with E-state index in [2.05, 4.69) is 32.6 Å². The van der Waals surface area contributed by atoms with Crippen molar-refractivity contribution in [1.82, 2.24) is 4.90 Å². The van der Waals surface area contributed by atoms with E-state index in [9.17, 15) is 0 Å². The highest BCUT2D eigenvalue weighted by atomic mass is 15.3. The van der Waals surface area contributed by atoms with Gasteiger partial charge >= 0.3 is 0 Å². The van der Waals surface area contributed by atoms with E-state index in [1.807, 2.05) is 0 Å². The van der Waals surface area contributed by atoms with E-state index in [-0.39, 0.29) is 0 Å². The van der Waals surface area contributed by atoms with E-state index in [4.69, 9.17) is 0 Å². The first-order chi connectivity index (χ1) is 5.61. The van der Waals surface area contributed by atoms with Crippen LogP contribution in [0.15, 0.2) is 0 Å². The molecule has 1 fully saturated rings. The summed E-state index contributed by atoms with van der Waals surface area (Å²) >= 11 is 0. The lowest BCUT2D eigenvalue weighted by molar-refractivity contribution is -0.925. The first-order valence-electron chi connectivity index (χ1n) is 5.20. The van der Waals surface area contributed by atoms with Crippen LogP contribution >= 0.6 is 0 Å². The molecule has 0 aromatic heterocycles. The second-order valence-electron chi connectivity index (χ2n) is 4.44. The van der Waals surface area contributed by atoms with E-state index >= 15 is 0 Å². The Morgan fingerprint density at radius 3 is 1.83 bits per heavy atom. The summed E-state index contributed by atoms with van der Waals surface area (Å²) in [5.41, 5.74) is 0. The molecule has 0 atom stereocenters. The van der Waals surface area contributed by atoms with Crippen molar-refractivity contribution in [1.29, 1.82) is 0 Å². The molecule has 1 N–H and O–H groups in total. The summed E-state index contributed by atoms with van der Waals surface area (Å²) in [5.74, 6) is 0. The first kappa shape index (κ1) is 10.0. The highest BCUT2D eigenvalue weighted by Gasteiger charge is 2.22. The zero-order valence-electron chi connectivity index (χ0n) is 8.93. The molecule has 1 heterocycles. The lowest BCUT2D eigenvalue weighted by Gasteiger charge is -2.36. The predicted octanol–water partition coefficient (Wildman–Crippen LogP) is 0.00370. The molecule has 0 saturated carbocycles. The molecular formula is C10H23N2+. The van der Waals surface area contributed by atoms with Gasteiger partial charge in [-0.3, -0.25) is 4.90 Å². The Bertz CT molecular complexity index is 108. The average molecular weight is 171 g/mol. The molecule has 1 saturated heterocycles. The summed E-state index contributed by atoms with van der Waals surface area (Å²) in [7, 11) is 0. The maximum atomic E-state index is 2.58. The van der Waals surface area contributed by atoms with E-state index in [0.29, 0.717) is 0 Å². The van der Waals surface area contributed by atoms with Gasteiger partial charge in [0.1, 0.15) is 0 Å². The molecule has 2 heteroatoms. The molecule has 0 unspecified atom stereocenters. The summed E-state index contributed by atoms with van der Waals surface area (Å²) in [5, 5.41) is 0.